The maximum Gasteiger partial charge on any atom is 0.0731 e. The first-order chi connectivity index (χ1) is 25.3. The van der Waals surface area contributed by atoms with Crippen molar-refractivity contribution in [3.8, 4) is 33.4 Å². The van der Waals surface area contributed by atoms with Crippen LogP contribution in [0.1, 0.15) is 22.3 Å². The summed E-state index contributed by atoms with van der Waals surface area (Å²) in [6.45, 7) is 0. The van der Waals surface area contributed by atoms with Gasteiger partial charge in [0.1, 0.15) is 0 Å². The number of benzene rings is 10. The lowest BCUT2D eigenvalue weighted by molar-refractivity contribution is 0.802. The van der Waals surface area contributed by atoms with Gasteiger partial charge in [-0.3, -0.25) is 0 Å². The van der Waals surface area contributed by atoms with Crippen LogP contribution in [0.4, 0.5) is 0 Å². The second-order valence-electron chi connectivity index (χ2n) is 14.3. The molecule has 1 spiro atoms. The zero-order chi connectivity index (χ0) is 33.3. The van der Waals surface area contributed by atoms with E-state index >= 15 is 0 Å². The lowest BCUT2D eigenvalue weighted by atomic mass is 9.69. The summed E-state index contributed by atoms with van der Waals surface area (Å²) >= 11 is 0. The normalized spacial score (nSPS) is 13.6. The molecule has 0 unspecified atom stereocenters. The summed E-state index contributed by atoms with van der Waals surface area (Å²) in [4.78, 5) is 0. The molecule has 234 valence electrons. The van der Waals surface area contributed by atoms with Gasteiger partial charge in [0.15, 0.2) is 0 Å². The molecule has 0 aromatic heterocycles. The van der Waals surface area contributed by atoms with E-state index in [1.54, 1.807) is 0 Å². The molecule has 51 heavy (non-hydrogen) atoms. The Labute approximate surface area is 295 Å². The minimum atomic E-state index is -0.458. The number of rotatable bonds is 1. The molecule has 0 bridgehead atoms. The minimum Gasteiger partial charge on any atom is -0.0619 e. The lowest BCUT2D eigenvalue weighted by Crippen LogP contribution is -2.26. The van der Waals surface area contributed by atoms with Crippen LogP contribution in [0.25, 0.3) is 87.2 Å². The highest BCUT2D eigenvalue weighted by molar-refractivity contribution is 6.25. The third kappa shape index (κ3) is 3.35. The van der Waals surface area contributed by atoms with Crippen molar-refractivity contribution < 1.29 is 0 Å². The summed E-state index contributed by atoms with van der Waals surface area (Å²) in [6, 6.07) is 68.6. The van der Waals surface area contributed by atoms with Crippen LogP contribution in [0, 0.1) is 0 Å². The standard InChI is InChI=1S/C51H30/c1-3-15-34-31(13-1)25-26-33-29-43(36-17-5-7-21-40(36)48(33)34)44-30-47-49(41-22-8-6-18-37(41)44)42-28-27-32-14-2-4-16-35(32)50(42)51(47)45-23-11-9-19-38(45)39-20-10-12-24-46(39)51/h1-30H. The topological polar surface area (TPSA) is 0 Å². The Morgan fingerprint density at radius 2 is 0.765 bits per heavy atom. The van der Waals surface area contributed by atoms with E-state index in [2.05, 4.69) is 182 Å². The van der Waals surface area contributed by atoms with Crippen molar-refractivity contribution in [2.24, 2.45) is 0 Å². The predicted molar refractivity (Wildman–Crippen MR) is 216 cm³/mol. The molecule has 0 saturated carbocycles. The van der Waals surface area contributed by atoms with Gasteiger partial charge in [-0.2, -0.15) is 0 Å². The van der Waals surface area contributed by atoms with Gasteiger partial charge in [0.2, 0.25) is 0 Å². The zero-order valence-corrected chi connectivity index (χ0v) is 27.8. The Hall–Kier alpha value is -6.50. The third-order valence-electron chi connectivity index (χ3n) is 12.0. The van der Waals surface area contributed by atoms with Crippen molar-refractivity contribution in [3.63, 3.8) is 0 Å². The molecule has 12 rings (SSSR count). The molecule has 0 saturated heterocycles. The third-order valence-corrected chi connectivity index (χ3v) is 12.0. The van der Waals surface area contributed by atoms with Gasteiger partial charge in [-0.05, 0) is 122 Å². The van der Waals surface area contributed by atoms with Crippen LogP contribution >= 0.6 is 0 Å². The van der Waals surface area contributed by atoms with E-state index in [9.17, 15) is 0 Å². The van der Waals surface area contributed by atoms with Crippen molar-refractivity contribution in [3.05, 3.63) is 204 Å². The SMILES string of the molecule is c1ccc2c(c1)-c1ccccc1C21c2cc(-c3cc4ccc5ccccc5c4c4ccccc34)c3ccccc3c2-c2ccc3ccccc3c21. The molecule has 0 aliphatic heterocycles. The summed E-state index contributed by atoms with van der Waals surface area (Å²) < 4.78 is 0. The number of hydrogen-bond donors (Lipinski definition) is 0. The quantitative estimate of drug-likeness (QED) is 0.156. The van der Waals surface area contributed by atoms with Crippen LogP contribution in [0.15, 0.2) is 182 Å². The second kappa shape index (κ2) is 9.81. The van der Waals surface area contributed by atoms with E-state index in [1.165, 1.54) is 109 Å². The second-order valence-corrected chi connectivity index (χ2v) is 14.3. The van der Waals surface area contributed by atoms with Crippen LogP contribution in [0.5, 0.6) is 0 Å². The number of fused-ring (bicyclic) bond motifs is 19. The van der Waals surface area contributed by atoms with Gasteiger partial charge in [-0.25, -0.2) is 0 Å². The van der Waals surface area contributed by atoms with Crippen molar-refractivity contribution in [2.75, 3.05) is 0 Å². The van der Waals surface area contributed by atoms with Crippen molar-refractivity contribution in [2.45, 2.75) is 5.41 Å². The molecule has 0 nitrogen and oxygen atoms in total. The monoisotopic (exact) mass is 642 g/mol. The van der Waals surface area contributed by atoms with Gasteiger partial charge in [-0.1, -0.05) is 170 Å². The van der Waals surface area contributed by atoms with E-state index in [-0.39, 0.29) is 0 Å². The molecule has 10 aromatic rings. The van der Waals surface area contributed by atoms with Crippen LogP contribution < -0.4 is 0 Å². The van der Waals surface area contributed by atoms with E-state index < -0.39 is 5.41 Å². The molecular formula is C51H30. The van der Waals surface area contributed by atoms with Crippen LogP contribution in [0.3, 0.4) is 0 Å². The average molecular weight is 643 g/mol. The lowest BCUT2D eigenvalue weighted by Gasteiger charge is -2.32. The summed E-state index contributed by atoms with van der Waals surface area (Å²) in [5, 5.41) is 13.0. The zero-order valence-electron chi connectivity index (χ0n) is 27.8. The molecule has 0 atom stereocenters. The summed E-state index contributed by atoms with van der Waals surface area (Å²) in [6.07, 6.45) is 0. The van der Waals surface area contributed by atoms with Gasteiger partial charge in [0.25, 0.3) is 0 Å². The molecule has 0 amide bonds. The maximum absolute atomic E-state index is 2.58. The first-order valence-corrected chi connectivity index (χ1v) is 17.9. The molecular weight excluding hydrogens is 613 g/mol. The largest absolute Gasteiger partial charge is 0.0731 e. The first-order valence-electron chi connectivity index (χ1n) is 17.9. The van der Waals surface area contributed by atoms with Crippen molar-refractivity contribution in [1.82, 2.24) is 0 Å². The average Bonchev–Trinajstić information content (AvgIpc) is 3.67. The molecule has 0 fully saturated rings. The Kier molecular flexibility index (Phi) is 5.26. The van der Waals surface area contributed by atoms with Crippen molar-refractivity contribution in [1.29, 1.82) is 0 Å². The van der Waals surface area contributed by atoms with Crippen LogP contribution in [-0.4, -0.2) is 0 Å². The number of hydrogen-bond acceptors (Lipinski definition) is 0. The molecule has 0 heterocycles. The van der Waals surface area contributed by atoms with E-state index in [0.29, 0.717) is 0 Å². The fourth-order valence-electron chi connectivity index (χ4n) is 10.1. The highest BCUT2D eigenvalue weighted by atomic mass is 14.5. The van der Waals surface area contributed by atoms with E-state index in [4.69, 9.17) is 0 Å². The fourth-order valence-corrected chi connectivity index (χ4v) is 10.1. The van der Waals surface area contributed by atoms with Gasteiger partial charge in [0.05, 0.1) is 5.41 Å². The first kappa shape index (κ1) is 27.3. The molecule has 0 radical (unpaired) electrons. The summed E-state index contributed by atoms with van der Waals surface area (Å²) in [7, 11) is 0. The van der Waals surface area contributed by atoms with Gasteiger partial charge in [0, 0.05) is 0 Å². The van der Waals surface area contributed by atoms with E-state index in [1.807, 2.05) is 0 Å². The molecule has 0 N–H and O–H groups in total. The smallest absolute Gasteiger partial charge is 0.0619 e. The molecule has 0 heteroatoms. The van der Waals surface area contributed by atoms with Gasteiger partial charge >= 0.3 is 0 Å². The highest BCUT2D eigenvalue weighted by Crippen LogP contribution is 2.65. The van der Waals surface area contributed by atoms with E-state index in [0.717, 1.165) is 0 Å². The van der Waals surface area contributed by atoms with Crippen molar-refractivity contribution >= 4 is 53.9 Å². The fraction of sp³-hybridized carbons (Fsp3) is 0.0196. The Morgan fingerprint density at radius 3 is 1.49 bits per heavy atom. The highest BCUT2D eigenvalue weighted by Gasteiger charge is 2.53. The van der Waals surface area contributed by atoms with Gasteiger partial charge in [-0.15, -0.1) is 0 Å². The van der Waals surface area contributed by atoms with Crippen LogP contribution in [-0.2, 0) is 5.41 Å². The minimum absolute atomic E-state index is 0.458. The summed E-state index contributed by atoms with van der Waals surface area (Å²) in [5.74, 6) is 0. The Balaban J connectivity index is 1.29. The molecule has 2 aliphatic carbocycles. The Morgan fingerprint density at radius 1 is 0.275 bits per heavy atom. The molecule has 2 aliphatic rings. The van der Waals surface area contributed by atoms with Gasteiger partial charge < -0.3 is 0 Å². The molecule has 10 aromatic carbocycles. The van der Waals surface area contributed by atoms with Crippen LogP contribution in [0.2, 0.25) is 0 Å². The predicted octanol–water partition coefficient (Wildman–Crippen LogP) is 13.5. The maximum atomic E-state index is 2.58. The Bertz CT molecular complexity index is 3100. The summed E-state index contributed by atoms with van der Waals surface area (Å²) in [5.41, 5.74) is 13.0.